The number of nitrogens with one attached hydrogen (secondary N) is 1. The molecule has 0 heterocycles. The summed E-state index contributed by atoms with van der Waals surface area (Å²) < 4.78 is 0. The summed E-state index contributed by atoms with van der Waals surface area (Å²) in [5.41, 5.74) is 8.57. The molecule has 0 saturated carbocycles. The predicted molar refractivity (Wildman–Crippen MR) is 37.3 cm³/mol. The Balaban J connectivity index is 2.52. The number of hydrogen-bond acceptors (Lipinski definition) is 2. The van der Waals surface area contributed by atoms with E-state index in [9.17, 15) is 0 Å². The maximum absolute atomic E-state index is 4.76. The third kappa shape index (κ3) is 1.78. The first-order chi connectivity index (χ1) is 4.93. The molecule has 2 nitrogen and oxygen atoms in total. The maximum atomic E-state index is 4.76. The zero-order valence-corrected chi connectivity index (χ0v) is 5.40. The van der Waals surface area contributed by atoms with Crippen molar-refractivity contribution in [1.82, 2.24) is 5.48 Å². The van der Waals surface area contributed by atoms with Crippen LogP contribution in [0.2, 0.25) is 0 Å². The third-order valence-electron chi connectivity index (χ3n) is 0.815. The Morgan fingerprint density at radius 3 is 3.20 bits per heavy atom. The molecule has 0 atom stereocenters. The first-order valence-corrected chi connectivity index (χ1v) is 2.82. The molecule has 2 heteroatoms. The van der Waals surface area contributed by atoms with E-state index in [2.05, 4.69) is 35.7 Å². The van der Waals surface area contributed by atoms with Crippen molar-refractivity contribution in [2.45, 2.75) is 0 Å². The van der Waals surface area contributed by atoms with Crippen molar-refractivity contribution in [3.63, 3.8) is 0 Å². The van der Waals surface area contributed by atoms with Crippen molar-refractivity contribution < 1.29 is 4.84 Å². The van der Waals surface area contributed by atoms with Crippen molar-refractivity contribution in [1.29, 1.82) is 0 Å². The van der Waals surface area contributed by atoms with Crippen LogP contribution in [0.3, 0.4) is 0 Å². The van der Waals surface area contributed by atoms with Crippen LogP contribution in [-0.4, -0.2) is 6.61 Å². The Morgan fingerprint density at radius 2 is 2.60 bits per heavy atom. The molecule has 1 rings (SSSR count). The molecule has 0 aromatic rings. The van der Waals surface area contributed by atoms with Gasteiger partial charge >= 0.3 is 0 Å². The fraction of sp³-hybridized carbons (Fsp3) is 0.125. The topological polar surface area (TPSA) is 21.3 Å². The Labute approximate surface area is 59.8 Å². The number of allylic oxidation sites excluding steroid dienone is 2. The van der Waals surface area contributed by atoms with Gasteiger partial charge in [-0.25, -0.2) is 10.3 Å². The average Bonchev–Trinajstić information content (AvgIpc) is 2.03. The molecule has 0 bridgehead atoms. The standard InChI is InChI=1S/C8H6NO/c1-2-10-9-8-6-4-3-5-7-8/h3,9H,1-2H2/q+1. The molecular weight excluding hydrogens is 126 g/mol. The highest BCUT2D eigenvalue weighted by atomic mass is 16.6. The van der Waals surface area contributed by atoms with E-state index in [1.807, 2.05) is 0 Å². The first kappa shape index (κ1) is 6.61. The van der Waals surface area contributed by atoms with Crippen LogP contribution >= 0.6 is 0 Å². The summed E-state index contributed by atoms with van der Waals surface area (Å²) in [6.45, 7) is 3.83. The van der Waals surface area contributed by atoms with Crippen LogP contribution in [0.25, 0.3) is 0 Å². The molecule has 0 aliphatic heterocycles. The summed E-state index contributed by atoms with van der Waals surface area (Å²) in [5.74, 6) is 5.42. The second-order valence-electron chi connectivity index (χ2n) is 1.51. The van der Waals surface area contributed by atoms with Gasteiger partial charge in [0.1, 0.15) is 0 Å². The Morgan fingerprint density at radius 1 is 1.70 bits per heavy atom. The summed E-state index contributed by atoms with van der Waals surface area (Å²) in [4.78, 5) is 4.76. The van der Waals surface area contributed by atoms with Crippen molar-refractivity contribution >= 4 is 0 Å². The highest BCUT2D eigenvalue weighted by molar-refractivity contribution is 5.33. The molecule has 0 spiro atoms. The largest absolute Gasteiger partial charge is 0.246 e. The maximum Gasteiger partial charge on any atom is 0.208 e. The minimum absolute atomic E-state index is 0.358. The van der Waals surface area contributed by atoms with Gasteiger partial charge in [0.25, 0.3) is 0 Å². The number of rotatable bonds is 3. The van der Waals surface area contributed by atoms with E-state index < -0.39 is 0 Å². The highest BCUT2D eigenvalue weighted by Crippen LogP contribution is 1.85. The molecule has 0 aromatic heterocycles. The molecule has 1 aliphatic rings. The molecule has 0 fully saturated rings. The molecule has 0 aromatic carbocycles. The predicted octanol–water partition coefficient (Wildman–Crippen LogP) is 0.553. The van der Waals surface area contributed by atoms with E-state index in [-0.39, 0.29) is 0 Å². The lowest BCUT2D eigenvalue weighted by molar-refractivity contribution is 0.0887. The molecule has 0 amide bonds. The van der Waals surface area contributed by atoms with Crippen molar-refractivity contribution in [3.8, 4) is 11.8 Å². The van der Waals surface area contributed by atoms with Crippen LogP contribution in [0.5, 0.6) is 0 Å². The zero-order chi connectivity index (χ0) is 7.23. The van der Waals surface area contributed by atoms with Gasteiger partial charge in [0.05, 0.1) is 6.92 Å². The molecule has 0 saturated heterocycles. The van der Waals surface area contributed by atoms with Gasteiger partial charge in [0.2, 0.25) is 6.61 Å². The van der Waals surface area contributed by atoms with Gasteiger partial charge in [-0.15, -0.1) is 0 Å². The van der Waals surface area contributed by atoms with Crippen LogP contribution in [0, 0.1) is 18.8 Å². The lowest BCUT2D eigenvalue weighted by atomic mass is 10.4. The summed E-state index contributed by atoms with van der Waals surface area (Å²) in [6, 6.07) is 0. The van der Waals surface area contributed by atoms with Crippen LogP contribution in [-0.2, 0) is 4.84 Å². The van der Waals surface area contributed by atoms with Crippen LogP contribution in [0.4, 0.5) is 0 Å². The summed E-state index contributed by atoms with van der Waals surface area (Å²) in [7, 11) is 0. The monoisotopic (exact) mass is 132 g/mol. The summed E-state index contributed by atoms with van der Waals surface area (Å²) in [6.07, 6.45) is 1.59. The molecule has 0 radical (unpaired) electrons. The number of hydroxylamine groups is 1. The van der Waals surface area contributed by atoms with Crippen molar-refractivity contribution in [2.75, 3.05) is 6.61 Å². The smallest absolute Gasteiger partial charge is 0.208 e. The molecule has 10 heavy (non-hydrogen) atoms. The molecular formula is C8H6NO+. The Kier molecular flexibility index (Phi) is 2.31. The third-order valence-corrected chi connectivity index (χ3v) is 0.815. The van der Waals surface area contributed by atoms with Crippen LogP contribution < -0.4 is 5.48 Å². The summed E-state index contributed by atoms with van der Waals surface area (Å²) in [5, 5.41) is 0. The van der Waals surface area contributed by atoms with E-state index >= 15 is 0 Å². The van der Waals surface area contributed by atoms with E-state index in [1.165, 1.54) is 0 Å². The quantitative estimate of drug-likeness (QED) is 0.262. The first-order valence-electron chi connectivity index (χ1n) is 2.82. The van der Waals surface area contributed by atoms with Crippen LogP contribution in [0.1, 0.15) is 0 Å². The Bertz CT molecular complexity index is 267. The SMILES string of the molecule is [CH2+]CONC1=C=C=CC#C1. The van der Waals surface area contributed by atoms with E-state index in [0.717, 1.165) is 0 Å². The van der Waals surface area contributed by atoms with Gasteiger partial charge < -0.3 is 0 Å². The highest BCUT2D eigenvalue weighted by Gasteiger charge is 1.89. The van der Waals surface area contributed by atoms with Gasteiger partial charge in [-0.3, -0.25) is 0 Å². The van der Waals surface area contributed by atoms with Crippen molar-refractivity contribution in [2.24, 2.45) is 0 Å². The molecule has 0 unspecified atom stereocenters. The molecule has 1 N–H and O–H groups in total. The van der Waals surface area contributed by atoms with Gasteiger partial charge in [-0.05, 0) is 11.7 Å². The van der Waals surface area contributed by atoms with Gasteiger partial charge in [-0.2, -0.15) is 0 Å². The van der Waals surface area contributed by atoms with Crippen LogP contribution in [0.15, 0.2) is 23.2 Å². The fourth-order valence-corrected chi connectivity index (χ4v) is 0.458. The summed E-state index contributed by atoms with van der Waals surface area (Å²) >= 11 is 0. The Hall–Kier alpha value is -1.51. The minimum Gasteiger partial charge on any atom is -0.246 e. The lowest BCUT2D eigenvalue weighted by Crippen LogP contribution is -2.12. The number of hydrogen-bond donors (Lipinski definition) is 1. The second kappa shape index (κ2) is 3.50. The molecule has 1 aliphatic carbocycles. The van der Waals surface area contributed by atoms with Gasteiger partial charge in [-0.1, -0.05) is 11.7 Å². The van der Waals surface area contributed by atoms with Crippen molar-refractivity contribution in [3.05, 3.63) is 30.2 Å². The lowest BCUT2D eigenvalue weighted by Gasteiger charge is -1.96. The fourth-order valence-electron chi connectivity index (χ4n) is 0.458. The molecule has 48 valence electrons. The van der Waals surface area contributed by atoms with E-state index in [4.69, 9.17) is 4.84 Å². The van der Waals surface area contributed by atoms with E-state index in [1.54, 1.807) is 6.08 Å². The second-order valence-corrected chi connectivity index (χ2v) is 1.51. The van der Waals surface area contributed by atoms with Gasteiger partial charge in [0.15, 0.2) is 5.70 Å². The normalized spacial score (nSPS) is 11.8. The minimum atomic E-state index is 0.358. The zero-order valence-electron chi connectivity index (χ0n) is 5.40. The van der Waals surface area contributed by atoms with E-state index in [0.29, 0.717) is 12.3 Å². The average molecular weight is 132 g/mol. The van der Waals surface area contributed by atoms with Gasteiger partial charge in [0, 0.05) is 6.08 Å².